The van der Waals surface area contributed by atoms with Crippen molar-refractivity contribution >= 4 is 17.8 Å². The number of hydrogen-bond acceptors (Lipinski definition) is 4. The zero-order valence-corrected chi connectivity index (χ0v) is 12.4. The van der Waals surface area contributed by atoms with Crippen molar-refractivity contribution in [3.05, 3.63) is 0 Å². The number of ether oxygens (including phenoxy) is 1. The van der Waals surface area contributed by atoms with Crippen LogP contribution < -0.4 is 10.6 Å². The van der Waals surface area contributed by atoms with Gasteiger partial charge in [-0.25, -0.2) is 0 Å². The molecule has 0 saturated heterocycles. The molecule has 1 rings (SSSR count). The van der Waals surface area contributed by atoms with Crippen LogP contribution in [0.3, 0.4) is 0 Å². The monoisotopic (exact) mass is 284 g/mol. The Balaban J connectivity index is 2.60. The molecule has 1 saturated carbocycles. The molecule has 20 heavy (non-hydrogen) atoms. The van der Waals surface area contributed by atoms with Crippen molar-refractivity contribution in [3.63, 3.8) is 0 Å². The highest BCUT2D eigenvalue weighted by Crippen LogP contribution is 2.25. The smallest absolute Gasteiger partial charge is 0.311 e. The van der Waals surface area contributed by atoms with Gasteiger partial charge in [0.1, 0.15) is 6.04 Å². The van der Waals surface area contributed by atoms with E-state index in [1.165, 1.54) is 6.92 Å². The topological polar surface area (TPSA) is 84.5 Å². The summed E-state index contributed by atoms with van der Waals surface area (Å²) in [6.07, 6.45) is 3.45. The van der Waals surface area contributed by atoms with Gasteiger partial charge >= 0.3 is 5.97 Å². The summed E-state index contributed by atoms with van der Waals surface area (Å²) in [5, 5.41) is 5.39. The maximum Gasteiger partial charge on any atom is 0.311 e. The first-order valence-electron chi connectivity index (χ1n) is 7.19. The van der Waals surface area contributed by atoms with Gasteiger partial charge in [-0.15, -0.1) is 0 Å². The Hall–Kier alpha value is -1.59. The number of nitrogens with one attached hydrogen (secondary N) is 2. The molecule has 0 aliphatic heterocycles. The van der Waals surface area contributed by atoms with Gasteiger partial charge in [0.25, 0.3) is 0 Å². The molecule has 6 heteroatoms. The Morgan fingerprint density at radius 1 is 1.25 bits per heavy atom. The number of esters is 1. The van der Waals surface area contributed by atoms with Crippen molar-refractivity contribution in [1.29, 1.82) is 0 Å². The first-order chi connectivity index (χ1) is 9.45. The normalized spacial score (nSPS) is 23.6. The van der Waals surface area contributed by atoms with Crippen molar-refractivity contribution in [3.8, 4) is 0 Å². The molecule has 3 atom stereocenters. The SMILES string of the molecule is CCOC(=O)[C@H]1CCCC[C@H]1NC(=O)[C@@H](C)NC(C)=O. The van der Waals surface area contributed by atoms with Gasteiger partial charge in [0, 0.05) is 13.0 Å². The van der Waals surface area contributed by atoms with Gasteiger partial charge in [0.05, 0.1) is 12.5 Å². The van der Waals surface area contributed by atoms with Crippen molar-refractivity contribution in [1.82, 2.24) is 10.6 Å². The lowest BCUT2D eigenvalue weighted by Crippen LogP contribution is -2.51. The average Bonchev–Trinajstić information content (AvgIpc) is 2.38. The van der Waals surface area contributed by atoms with Gasteiger partial charge < -0.3 is 15.4 Å². The lowest BCUT2D eigenvalue weighted by Gasteiger charge is -2.31. The summed E-state index contributed by atoms with van der Waals surface area (Å²) in [5.41, 5.74) is 0. The predicted molar refractivity (Wildman–Crippen MR) is 73.8 cm³/mol. The van der Waals surface area contributed by atoms with E-state index in [0.717, 1.165) is 25.7 Å². The summed E-state index contributed by atoms with van der Waals surface area (Å²) in [6, 6.07) is -0.802. The van der Waals surface area contributed by atoms with Crippen molar-refractivity contribution in [2.45, 2.75) is 58.5 Å². The largest absolute Gasteiger partial charge is 0.466 e. The highest BCUT2D eigenvalue weighted by atomic mass is 16.5. The van der Waals surface area contributed by atoms with Crippen LogP contribution in [-0.4, -0.2) is 36.5 Å². The molecule has 2 N–H and O–H groups in total. The molecule has 114 valence electrons. The molecule has 1 fully saturated rings. The lowest BCUT2D eigenvalue weighted by atomic mass is 9.84. The van der Waals surface area contributed by atoms with Crippen LogP contribution in [0.4, 0.5) is 0 Å². The van der Waals surface area contributed by atoms with E-state index >= 15 is 0 Å². The molecule has 2 amide bonds. The third-order valence-electron chi connectivity index (χ3n) is 3.50. The number of amides is 2. The van der Waals surface area contributed by atoms with Crippen LogP contribution in [0.2, 0.25) is 0 Å². The minimum atomic E-state index is -0.600. The second kappa shape index (κ2) is 7.87. The number of hydrogen-bond donors (Lipinski definition) is 2. The van der Waals surface area contributed by atoms with Gasteiger partial charge in [-0.05, 0) is 26.7 Å². The second-order valence-corrected chi connectivity index (χ2v) is 5.18. The molecule has 0 aromatic carbocycles. The highest BCUT2D eigenvalue weighted by Gasteiger charge is 2.33. The van der Waals surface area contributed by atoms with E-state index in [1.807, 2.05) is 0 Å². The molecule has 1 aliphatic carbocycles. The van der Waals surface area contributed by atoms with Crippen LogP contribution in [-0.2, 0) is 19.1 Å². The Bertz CT molecular complexity index is 370. The molecule has 1 aliphatic rings. The standard InChI is InChI=1S/C14H24N2O4/c1-4-20-14(19)11-7-5-6-8-12(11)16-13(18)9(2)15-10(3)17/h9,11-12H,4-8H2,1-3H3,(H,15,17)(H,16,18)/t9-,11+,12-/m1/s1. The van der Waals surface area contributed by atoms with Crippen LogP contribution >= 0.6 is 0 Å². The first-order valence-corrected chi connectivity index (χ1v) is 7.19. The maximum absolute atomic E-state index is 12.0. The minimum absolute atomic E-state index is 0.202. The molecule has 0 aromatic rings. The Labute approximate surface area is 119 Å². The van der Waals surface area contributed by atoms with Gasteiger partial charge in [0.15, 0.2) is 0 Å². The minimum Gasteiger partial charge on any atom is -0.466 e. The summed E-state index contributed by atoms with van der Waals surface area (Å²) >= 11 is 0. The molecule has 0 spiro atoms. The summed E-state index contributed by atoms with van der Waals surface area (Å²) in [5.74, 6) is -1.04. The quantitative estimate of drug-likeness (QED) is 0.730. The van der Waals surface area contributed by atoms with Crippen LogP contribution in [0.1, 0.15) is 46.5 Å². The van der Waals surface area contributed by atoms with Crippen molar-refractivity contribution in [2.75, 3.05) is 6.61 Å². The van der Waals surface area contributed by atoms with Crippen molar-refractivity contribution in [2.24, 2.45) is 5.92 Å². The van der Waals surface area contributed by atoms with E-state index in [-0.39, 0.29) is 29.7 Å². The summed E-state index contributed by atoms with van der Waals surface area (Å²) in [6.45, 7) is 5.11. The highest BCUT2D eigenvalue weighted by molar-refractivity contribution is 5.87. The van der Waals surface area contributed by atoms with Gasteiger partial charge in [-0.1, -0.05) is 12.8 Å². The zero-order chi connectivity index (χ0) is 15.1. The third kappa shape index (κ3) is 4.83. The second-order valence-electron chi connectivity index (χ2n) is 5.18. The summed E-state index contributed by atoms with van der Waals surface area (Å²) < 4.78 is 5.06. The number of carbonyl (C=O) groups is 3. The number of carbonyl (C=O) groups excluding carboxylic acids is 3. The van der Waals surface area contributed by atoms with Crippen LogP contribution in [0, 0.1) is 5.92 Å². The maximum atomic E-state index is 12.0. The molecule has 0 heterocycles. The molecule has 0 aromatic heterocycles. The summed E-state index contributed by atoms with van der Waals surface area (Å²) in [7, 11) is 0. The Kier molecular flexibility index (Phi) is 6.48. The van der Waals surface area contributed by atoms with Crippen molar-refractivity contribution < 1.29 is 19.1 Å². The van der Waals surface area contributed by atoms with Gasteiger partial charge in [-0.2, -0.15) is 0 Å². The van der Waals surface area contributed by atoms with Gasteiger partial charge in [-0.3, -0.25) is 14.4 Å². The fourth-order valence-electron chi connectivity index (χ4n) is 2.51. The molecule has 0 unspecified atom stereocenters. The van der Waals surface area contributed by atoms with Crippen LogP contribution in [0.5, 0.6) is 0 Å². The number of rotatable bonds is 5. The fourth-order valence-corrected chi connectivity index (χ4v) is 2.51. The molecule has 6 nitrogen and oxygen atoms in total. The van der Waals surface area contributed by atoms with Gasteiger partial charge in [0.2, 0.25) is 11.8 Å². The predicted octanol–water partition coefficient (Wildman–Crippen LogP) is 0.749. The van der Waals surface area contributed by atoms with E-state index in [4.69, 9.17) is 4.74 Å². The summed E-state index contributed by atoms with van der Waals surface area (Å²) in [4.78, 5) is 34.8. The van der Waals surface area contributed by atoms with E-state index in [1.54, 1.807) is 13.8 Å². The zero-order valence-electron chi connectivity index (χ0n) is 12.4. The Morgan fingerprint density at radius 2 is 1.90 bits per heavy atom. The molecular formula is C14H24N2O4. The average molecular weight is 284 g/mol. The Morgan fingerprint density at radius 3 is 2.50 bits per heavy atom. The van der Waals surface area contributed by atoms with Crippen LogP contribution in [0.25, 0.3) is 0 Å². The van der Waals surface area contributed by atoms with Crippen LogP contribution in [0.15, 0.2) is 0 Å². The van der Waals surface area contributed by atoms with E-state index in [2.05, 4.69) is 10.6 Å². The molecule has 0 radical (unpaired) electrons. The van der Waals surface area contributed by atoms with E-state index in [9.17, 15) is 14.4 Å². The fraction of sp³-hybridized carbons (Fsp3) is 0.786. The van der Waals surface area contributed by atoms with E-state index in [0.29, 0.717) is 6.61 Å². The molecular weight excluding hydrogens is 260 g/mol. The molecule has 0 bridgehead atoms. The lowest BCUT2D eigenvalue weighted by molar-refractivity contribution is -0.150. The van der Waals surface area contributed by atoms with E-state index < -0.39 is 6.04 Å². The third-order valence-corrected chi connectivity index (χ3v) is 3.50. The first kappa shape index (κ1) is 16.5.